The van der Waals surface area contributed by atoms with Crippen LogP contribution in [0.4, 0.5) is 0 Å². The second-order valence-electron chi connectivity index (χ2n) is 3.74. The van der Waals surface area contributed by atoms with Crippen LogP contribution in [0.15, 0.2) is 36.7 Å². The molecule has 88 valence electrons. The van der Waals surface area contributed by atoms with E-state index in [4.69, 9.17) is 4.74 Å². The molecule has 0 aliphatic carbocycles. The summed E-state index contributed by atoms with van der Waals surface area (Å²) in [4.78, 5) is 8.12. The molecule has 0 fully saturated rings. The Balaban J connectivity index is 2.23. The lowest BCUT2D eigenvalue weighted by Gasteiger charge is -2.09. The van der Waals surface area contributed by atoms with Crippen molar-refractivity contribution in [3.8, 4) is 11.6 Å². The van der Waals surface area contributed by atoms with Gasteiger partial charge in [0.1, 0.15) is 12.1 Å². The van der Waals surface area contributed by atoms with E-state index in [0.29, 0.717) is 5.88 Å². The molecule has 1 aromatic heterocycles. The maximum atomic E-state index is 5.75. The molecule has 0 saturated carbocycles. The van der Waals surface area contributed by atoms with Gasteiger partial charge in [-0.1, -0.05) is 18.2 Å². The highest BCUT2D eigenvalue weighted by atomic mass is 16.5. The number of benzene rings is 1. The Morgan fingerprint density at radius 2 is 2.06 bits per heavy atom. The van der Waals surface area contributed by atoms with Crippen LogP contribution in [-0.2, 0) is 6.54 Å². The Kier molecular flexibility index (Phi) is 3.67. The molecule has 0 atom stereocenters. The van der Waals surface area contributed by atoms with E-state index < -0.39 is 0 Å². The summed E-state index contributed by atoms with van der Waals surface area (Å²) in [6, 6.07) is 9.72. The molecule has 1 aromatic carbocycles. The van der Waals surface area contributed by atoms with Gasteiger partial charge in [-0.05, 0) is 20.0 Å². The van der Waals surface area contributed by atoms with Crippen molar-refractivity contribution in [2.75, 3.05) is 7.05 Å². The van der Waals surface area contributed by atoms with E-state index in [-0.39, 0.29) is 0 Å². The van der Waals surface area contributed by atoms with Crippen molar-refractivity contribution in [1.82, 2.24) is 15.3 Å². The summed E-state index contributed by atoms with van der Waals surface area (Å²) < 4.78 is 5.75. The molecule has 0 unspecified atom stereocenters. The zero-order valence-corrected chi connectivity index (χ0v) is 9.97. The molecule has 0 bridgehead atoms. The summed E-state index contributed by atoms with van der Waals surface area (Å²) in [6.45, 7) is 2.67. The predicted molar refractivity (Wildman–Crippen MR) is 66.0 cm³/mol. The van der Waals surface area contributed by atoms with Gasteiger partial charge in [0.2, 0.25) is 5.88 Å². The van der Waals surface area contributed by atoms with Gasteiger partial charge in [-0.3, -0.25) is 0 Å². The number of rotatable bonds is 4. The average molecular weight is 229 g/mol. The fourth-order valence-corrected chi connectivity index (χ4v) is 1.54. The maximum Gasteiger partial charge on any atom is 0.222 e. The molecule has 1 heterocycles. The van der Waals surface area contributed by atoms with Gasteiger partial charge >= 0.3 is 0 Å². The number of hydrogen-bond acceptors (Lipinski definition) is 4. The van der Waals surface area contributed by atoms with E-state index in [1.165, 1.54) is 6.33 Å². The lowest BCUT2D eigenvalue weighted by molar-refractivity contribution is 0.453. The molecule has 0 amide bonds. The average Bonchev–Trinajstić information content (AvgIpc) is 2.32. The van der Waals surface area contributed by atoms with Gasteiger partial charge in [-0.2, -0.15) is 0 Å². The van der Waals surface area contributed by atoms with Gasteiger partial charge in [0.25, 0.3) is 0 Å². The molecule has 0 radical (unpaired) electrons. The number of aryl methyl sites for hydroxylation is 1. The van der Waals surface area contributed by atoms with Crippen LogP contribution in [0, 0.1) is 6.92 Å². The number of hydrogen-bond donors (Lipinski definition) is 1. The van der Waals surface area contributed by atoms with E-state index in [1.807, 2.05) is 44.3 Å². The zero-order valence-electron chi connectivity index (χ0n) is 9.97. The number of ether oxygens (including phenoxy) is 1. The van der Waals surface area contributed by atoms with Crippen LogP contribution in [0.1, 0.15) is 11.3 Å². The lowest BCUT2D eigenvalue weighted by atomic mass is 10.2. The van der Waals surface area contributed by atoms with Crippen LogP contribution >= 0.6 is 0 Å². The Morgan fingerprint density at radius 1 is 1.24 bits per heavy atom. The fraction of sp³-hybridized carbons (Fsp3) is 0.231. The molecule has 2 rings (SSSR count). The summed E-state index contributed by atoms with van der Waals surface area (Å²) >= 11 is 0. The molecule has 0 saturated heterocycles. The van der Waals surface area contributed by atoms with Crippen LogP contribution in [0.25, 0.3) is 0 Å². The van der Waals surface area contributed by atoms with Crippen LogP contribution in [0.5, 0.6) is 11.6 Å². The molecule has 0 spiro atoms. The first kappa shape index (κ1) is 11.5. The second-order valence-corrected chi connectivity index (χ2v) is 3.74. The summed E-state index contributed by atoms with van der Waals surface area (Å²) in [5.41, 5.74) is 1.99. The number of para-hydroxylation sites is 1. The topological polar surface area (TPSA) is 47.0 Å². The minimum atomic E-state index is 0.570. The van der Waals surface area contributed by atoms with E-state index >= 15 is 0 Å². The fourth-order valence-electron chi connectivity index (χ4n) is 1.54. The molecule has 4 heteroatoms. The van der Waals surface area contributed by atoms with Crippen molar-refractivity contribution in [3.63, 3.8) is 0 Å². The number of aromatic nitrogens is 2. The Bertz CT molecular complexity index is 500. The van der Waals surface area contributed by atoms with Gasteiger partial charge in [-0.25, -0.2) is 9.97 Å². The zero-order chi connectivity index (χ0) is 12.1. The SMILES string of the molecule is CNCc1ccccc1Oc1cc(C)ncn1. The monoisotopic (exact) mass is 229 g/mol. The summed E-state index contributed by atoms with van der Waals surface area (Å²) in [7, 11) is 1.91. The van der Waals surface area contributed by atoms with E-state index in [1.54, 1.807) is 0 Å². The Labute approximate surface area is 101 Å². The first-order valence-electron chi connectivity index (χ1n) is 5.48. The first-order chi connectivity index (χ1) is 8.29. The number of nitrogens with one attached hydrogen (secondary N) is 1. The molecule has 4 nitrogen and oxygen atoms in total. The van der Waals surface area contributed by atoms with Crippen molar-refractivity contribution in [2.45, 2.75) is 13.5 Å². The van der Waals surface area contributed by atoms with Crippen molar-refractivity contribution in [1.29, 1.82) is 0 Å². The van der Waals surface area contributed by atoms with Crippen LogP contribution in [0.3, 0.4) is 0 Å². The molecule has 1 N–H and O–H groups in total. The summed E-state index contributed by atoms with van der Waals surface area (Å²) in [5, 5.41) is 3.11. The van der Waals surface area contributed by atoms with Gasteiger partial charge in [0.05, 0.1) is 0 Å². The lowest BCUT2D eigenvalue weighted by Crippen LogP contribution is -2.06. The molecule has 0 aliphatic rings. The minimum absolute atomic E-state index is 0.570. The van der Waals surface area contributed by atoms with Crippen LogP contribution in [-0.4, -0.2) is 17.0 Å². The third-order valence-electron chi connectivity index (χ3n) is 2.33. The molecular weight excluding hydrogens is 214 g/mol. The van der Waals surface area contributed by atoms with Crippen LogP contribution in [0.2, 0.25) is 0 Å². The van der Waals surface area contributed by atoms with Gasteiger partial charge in [0, 0.05) is 23.9 Å². The largest absolute Gasteiger partial charge is 0.439 e. The normalized spacial score (nSPS) is 10.2. The van der Waals surface area contributed by atoms with Crippen molar-refractivity contribution >= 4 is 0 Å². The first-order valence-corrected chi connectivity index (χ1v) is 5.48. The minimum Gasteiger partial charge on any atom is -0.439 e. The van der Waals surface area contributed by atoms with E-state index in [0.717, 1.165) is 23.6 Å². The standard InChI is InChI=1S/C13H15N3O/c1-10-7-13(16-9-15-10)17-12-6-4-3-5-11(12)8-14-2/h3-7,9,14H,8H2,1-2H3. The highest BCUT2D eigenvalue weighted by Gasteiger charge is 2.04. The third-order valence-corrected chi connectivity index (χ3v) is 2.33. The van der Waals surface area contributed by atoms with Gasteiger partial charge in [-0.15, -0.1) is 0 Å². The van der Waals surface area contributed by atoms with Crippen molar-refractivity contribution < 1.29 is 4.74 Å². The summed E-state index contributed by atoms with van der Waals surface area (Å²) in [6.07, 6.45) is 1.51. The van der Waals surface area contributed by atoms with E-state index in [9.17, 15) is 0 Å². The summed E-state index contributed by atoms with van der Waals surface area (Å²) in [5.74, 6) is 1.39. The number of nitrogens with zero attached hydrogens (tertiary/aromatic N) is 2. The van der Waals surface area contributed by atoms with Crippen molar-refractivity contribution in [3.05, 3.63) is 47.9 Å². The molecule has 2 aromatic rings. The molecule has 0 aliphatic heterocycles. The second kappa shape index (κ2) is 5.41. The van der Waals surface area contributed by atoms with Gasteiger partial charge < -0.3 is 10.1 Å². The smallest absolute Gasteiger partial charge is 0.222 e. The van der Waals surface area contributed by atoms with Crippen molar-refractivity contribution in [2.24, 2.45) is 0 Å². The Morgan fingerprint density at radius 3 is 2.82 bits per heavy atom. The quantitative estimate of drug-likeness (QED) is 0.873. The van der Waals surface area contributed by atoms with Gasteiger partial charge in [0.15, 0.2) is 0 Å². The predicted octanol–water partition coefficient (Wildman–Crippen LogP) is 2.30. The highest BCUT2D eigenvalue weighted by Crippen LogP contribution is 2.23. The Hall–Kier alpha value is -1.94. The molecular formula is C13H15N3O. The maximum absolute atomic E-state index is 5.75. The van der Waals surface area contributed by atoms with E-state index in [2.05, 4.69) is 15.3 Å². The highest BCUT2D eigenvalue weighted by molar-refractivity contribution is 5.36. The third kappa shape index (κ3) is 3.01. The van der Waals surface area contributed by atoms with Crippen LogP contribution < -0.4 is 10.1 Å². The molecule has 17 heavy (non-hydrogen) atoms.